The molecule has 0 aromatic heterocycles. The molecule has 0 amide bonds. The Labute approximate surface area is 352 Å². The Morgan fingerprint density at radius 2 is 1.38 bits per heavy atom. The van der Waals surface area contributed by atoms with Crippen molar-refractivity contribution in [1.82, 2.24) is 0 Å². The van der Waals surface area contributed by atoms with Crippen LogP contribution in [0.2, 0.25) is 0 Å². The zero-order chi connectivity index (χ0) is 40.5. The lowest BCUT2D eigenvalue weighted by atomic mass is 9.68. The molecule has 9 aromatic carbocycles. The van der Waals surface area contributed by atoms with Crippen LogP contribution < -0.4 is 0 Å². The summed E-state index contributed by atoms with van der Waals surface area (Å²) in [6.07, 6.45) is 13.7. The Balaban J connectivity index is 1.14. The number of carbonyl (C=O) groups is 2. The molecule has 4 heteroatoms. The summed E-state index contributed by atoms with van der Waals surface area (Å²) < 4.78 is 10.4. The molecule has 6 aliphatic carbocycles. The van der Waals surface area contributed by atoms with Gasteiger partial charge in [-0.05, 0) is 164 Å². The van der Waals surface area contributed by atoms with Crippen LogP contribution in [0.1, 0.15) is 101 Å². The fraction of sp³-hybridized carbons (Fsp3) is 0.263. The predicted octanol–water partition coefficient (Wildman–Crippen LogP) is 12.3. The van der Waals surface area contributed by atoms with Crippen LogP contribution in [0.3, 0.4) is 0 Å². The molecule has 0 saturated heterocycles. The molecule has 1 fully saturated rings. The van der Waals surface area contributed by atoms with Crippen LogP contribution in [0.15, 0.2) is 97.1 Å². The normalized spacial score (nSPS) is 23.8. The van der Waals surface area contributed by atoms with Gasteiger partial charge in [-0.15, -0.1) is 0 Å². The van der Waals surface area contributed by atoms with Crippen molar-refractivity contribution >= 4 is 88.2 Å². The molecule has 6 aliphatic rings. The van der Waals surface area contributed by atoms with Gasteiger partial charge in [0.2, 0.25) is 0 Å². The average Bonchev–Trinajstić information content (AvgIpc) is 3.80. The summed E-state index contributed by atoms with van der Waals surface area (Å²) in [6, 6.07) is 32.5. The first kappa shape index (κ1) is 33.5. The number of rotatable bonds is 11. The first-order valence-corrected chi connectivity index (χ1v) is 22.3. The van der Waals surface area contributed by atoms with E-state index in [-0.39, 0.29) is 33.6 Å². The first-order valence-electron chi connectivity index (χ1n) is 22.3. The number of esters is 2. The summed E-state index contributed by atoms with van der Waals surface area (Å²) in [7, 11) is 3.02. The highest BCUT2D eigenvalue weighted by Crippen LogP contribution is 2.91. The second-order valence-electron chi connectivity index (χ2n) is 19.5. The molecule has 1 spiro atoms. The van der Waals surface area contributed by atoms with Crippen LogP contribution >= 0.6 is 0 Å². The van der Waals surface area contributed by atoms with E-state index in [1.807, 2.05) is 0 Å². The summed E-state index contributed by atoms with van der Waals surface area (Å²) >= 11 is 0. The molecule has 15 rings (SSSR count). The third kappa shape index (κ3) is 3.24. The van der Waals surface area contributed by atoms with E-state index in [1.54, 1.807) is 11.1 Å². The monoisotopic (exact) mass is 790 g/mol. The average molecular weight is 791 g/mol. The molecule has 61 heavy (non-hydrogen) atoms. The Morgan fingerprint density at radius 1 is 0.689 bits per heavy atom. The molecule has 0 radical (unpaired) electrons. The second-order valence-corrected chi connectivity index (χ2v) is 19.5. The van der Waals surface area contributed by atoms with Gasteiger partial charge in [-0.1, -0.05) is 110 Å². The zero-order valence-corrected chi connectivity index (χ0v) is 34.6. The van der Waals surface area contributed by atoms with Gasteiger partial charge in [0.15, 0.2) is 0 Å². The van der Waals surface area contributed by atoms with Gasteiger partial charge in [-0.3, -0.25) is 9.59 Å². The van der Waals surface area contributed by atoms with Gasteiger partial charge < -0.3 is 9.47 Å². The van der Waals surface area contributed by atoms with Crippen LogP contribution in [0.4, 0.5) is 0 Å². The summed E-state index contributed by atoms with van der Waals surface area (Å²) in [6.45, 7) is 2.45. The van der Waals surface area contributed by atoms with E-state index in [1.165, 1.54) is 129 Å². The Hall–Kier alpha value is -6.26. The Bertz CT molecular complexity index is 3610. The quantitative estimate of drug-likeness (QED) is 0.0967. The smallest absolute Gasteiger partial charge is 0.305 e. The summed E-state index contributed by atoms with van der Waals surface area (Å²) in [4.78, 5) is 25.6. The molecular weight excluding hydrogens is 749 g/mol. The summed E-state index contributed by atoms with van der Waals surface area (Å²) in [5.74, 6) is -0.287. The number of benzene rings is 8. The molecule has 9 aromatic rings. The van der Waals surface area contributed by atoms with Gasteiger partial charge in [0.1, 0.15) is 0 Å². The number of hydrogen-bond acceptors (Lipinski definition) is 4. The molecule has 0 N–H and O–H groups in total. The molecule has 4 nitrogen and oxygen atoms in total. The lowest BCUT2D eigenvalue weighted by Crippen LogP contribution is -2.26. The predicted molar refractivity (Wildman–Crippen MR) is 245 cm³/mol. The van der Waals surface area contributed by atoms with Crippen molar-refractivity contribution in [2.45, 2.75) is 74.5 Å². The van der Waals surface area contributed by atoms with Crippen LogP contribution in [0, 0.1) is 5.41 Å². The molecule has 0 heterocycles. The van der Waals surface area contributed by atoms with E-state index in [0.29, 0.717) is 12.8 Å². The van der Waals surface area contributed by atoms with Crippen molar-refractivity contribution in [3.05, 3.63) is 153 Å². The van der Waals surface area contributed by atoms with Crippen molar-refractivity contribution < 1.29 is 19.1 Å². The van der Waals surface area contributed by atoms with Crippen molar-refractivity contribution in [3.8, 4) is 0 Å². The standard InChI is InChI=1S/C57H42O4/c1-54(21-10-16-38(58)60-2,34-12-6-4-7-13-34)52-36-19-18-29-24-31-26-32-25-30-20-23-55-28-33-27-37(52)45-43(33)53-50-48-46(40(29)44(36)47(45)48)41(31)42(32)49(50)51(30)57(53,55)56(55,22-11-17-39(59)61-3)35-14-8-5-9-15-35/h4-9,12-15,18-20,23-25,28H,10-11,16-17,21-22,26-27H2,1-3H3. The van der Waals surface area contributed by atoms with E-state index in [0.717, 1.165) is 38.5 Å². The highest BCUT2D eigenvalue weighted by Gasteiger charge is 2.89. The van der Waals surface area contributed by atoms with E-state index in [4.69, 9.17) is 9.47 Å². The van der Waals surface area contributed by atoms with Gasteiger partial charge in [-0.25, -0.2) is 0 Å². The maximum absolute atomic E-state index is 12.9. The van der Waals surface area contributed by atoms with E-state index in [2.05, 4.69) is 110 Å². The summed E-state index contributed by atoms with van der Waals surface area (Å²) in [5.41, 5.74) is 14.7. The fourth-order valence-electron chi connectivity index (χ4n) is 15.8. The van der Waals surface area contributed by atoms with Gasteiger partial charge in [0, 0.05) is 34.5 Å². The number of methoxy groups -OCH3 is 2. The molecule has 0 aliphatic heterocycles. The van der Waals surface area contributed by atoms with E-state index in [9.17, 15) is 9.59 Å². The van der Waals surface area contributed by atoms with Crippen LogP contribution in [0.25, 0.3) is 76.3 Å². The Morgan fingerprint density at radius 3 is 2.16 bits per heavy atom. The minimum Gasteiger partial charge on any atom is -0.469 e. The topological polar surface area (TPSA) is 52.6 Å². The van der Waals surface area contributed by atoms with Crippen LogP contribution in [0.5, 0.6) is 0 Å². The highest BCUT2D eigenvalue weighted by atomic mass is 16.5. The SMILES string of the molecule is COC(=O)CCCC(C)(c1ccccc1)c1c2c3c4c5c6c7c8c(cc9c7c7c(cc%10ccc1c1c%10c7c6c31)C9)C=CC1(C=C4C2)C(CCCC(=O)OC)(c2ccccc2)C851. The number of ether oxygens (including phenoxy) is 2. The number of hydrogen-bond donors (Lipinski definition) is 0. The van der Waals surface area contributed by atoms with Crippen molar-refractivity contribution in [2.24, 2.45) is 5.41 Å². The van der Waals surface area contributed by atoms with Crippen molar-refractivity contribution in [3.63, 3.8) is 0 Å². The van der Waals surface area contributed by atoms with Gasteiger partial charge in [0.25, 0.3) is 0 Å². The molecule has 4 unspecified atom stereocenters. The maximum atomic E-state index is 12.9. The minimum atomic E-state index is -0.367. The molecule has 4 atom stereocenters. The maximum Gasteiger partial charge on any atom is 0.305 e. The minimum absolute atomic E-state index is 0.136. The third-order valence-electron chi connectivity index (χ3n) is 17.5. The number of allylic oxidation sites excluding steroid dienone is 3. The second kappa shape index (κ2) is 10.4. The summed E-state index contributed by atoms with van der Waals surface area (Å²) in [5, 5.41) is 17.6. The van der Waals surface area contributed by atoms with Crippen molar-refractivity contribution in [1.29, 1.82) is 0 Å². The van der Waals surface area contributed by atoms with Crippen LogP contribution in [-0.4, -0.2) is 26.2 Å². The Kier molecular flexibility index (Phi) is 5.72. The highest BCUT2D eigenvalue weighted by molar-refractivity contribution is 6.52. The van der Waals surface area contributed by atoms with E-state index >= 15 is 0 Å². The first-order chi connectivity index (χ1) is 29.8. The zero-order valence-electron chi connectivity index (χ0n) is 34.6. The largest absolute Gasteiger partial charge is 0.469 e. The fourth-order valence-corrected chi connectivity index (χ4v) is 15.8. The van der Waals surface area contributed by atoms with Gasteiger partial charge in [0.05, 0.1) is 14.2 Å². The van der Waals surface area contributed by atoms with E-state index < -0.39 is 0 Å². The van der Waals surface area contributed by atoms with Gasteiger partial charge >= 0.3 is 11.9 Å². The van der Waals surface area contributed by atoms with Gasteiger partial charge in [-0.2, -0.15) is 0 Å². The molecule has 0 bridgehead atoms. The van der Waals surface area contributed by atoms with Crippen LogP contribution in [-0.2, 0) is 48.1 Å². The molecular formula is C57H42O4. The lowest BCUT2D eigenvalue weighted by Gasteiger charge is -2.35. The molecule has 1 saturated carbocycles. The molecule has 294 valence electrons. The lowest BCUT2D eigenvalue weighted by molar-refractivity contribution is -0.141. The third-order valence-corrected chi connectivity index (χ3v) is 17.5. The number of carbonyl (C=O) groups excluding carboxylic acids is 2. The van der Waals surface area contributed by atoms with Crippen molar-refractivity contribution in [2.75, 3.05) is 14.2 Å².